The second-order valence-electron chi connectivity index (χ2n) is 5.35. The van der Waals surface area contributed by atoms with Crippen molar-refractivity contribution in [2.75, 3.05) is 13.1 Å². The average Bonchev–Trinajstić information content (AvgIpc) is 3.18. The molecule has 3 rings (SSSR count). The van der Waals surface area contributed by atoms with Crippen molar-refractivity contribution >= 4 is 34.6 Å². The van der Waals surface area contributed by atoms with Crippen LogP contribution in [0.2, 0.25) is 0 Å². The first-order valence-corrected chi connectivity index (χ1v) is 8.22. The summed E-state index contributed by atoms with van der Waals surface area (Å²) >= 11 is 2.94. The number of thiophene rings is 1. The van der Waals surface area contributed by atoms with Gasteiger partial charge in [-0.25, -0.2) is 4.98 Å². The van der Waals surface area contributed by atoms with Crippen LogP contribution in [0.25, 0.3) is 9.88 Å². The Bertz CT molecular complexity index is 680. The van der Waals surface area contributed by atoms with Crippen molar-refractivity contribution < 1.29 is 14.7 Å². The fourth-order valence-electron chi connectivity index (χ4n) is 2.35. The monoisotopic (exact) mass is 322 g/mol. The predicted molar refractivity (Wildman–Crippen MR) is 81.7 cm³/mol. The maximum Gasteiger partial charge on any atom is 0.311 e. The Kier molecular flexibility index (Phi) is 3.54. The average molecular weight is 322 g/mol. The second kappa shape index (κ2) is 5.23. The van der Waals surface area contributed by atoms with E-state index in [0.717, 1.165) is 9.88 Å². The highest BCUT2D eigenvalue weighted by atomic mass is 32.1. The summed E-state index contributed by atoms with van der Waals surface area (Å²) in [5.74, 6) is -0.971. The van der Waals surface area contributed by atoms with Crippen LogP contribution >= 0.6 is 22.7 Å². The highest BCUT2D eigenvalue weighted by molar-refractivity contribution is 7.21. The molecular weight excluding hydrogens is 308 g/mol. The molecule has 0 aromatic carbocycles. The van der Waals surface area contributed by atoms with Gasteiger partial charge in [-0.1, -0.05) is 6.07 Å². The van der Waals surface area contributed by atoms with Crippen LogP contribution < -0.4 is 0 Å². The molecule has 0 saturated carbocycles. The summed E-state index contributed by atoms with van der Waals surface area (Å²) in [6.07, 6.45) is 2.07. The Hall–Kier alpha value is -1.73. The van der Waals surface area contributed by atoms with Crippen molar-refractivity contribution in [2.45, 2.75) is 13.3 Å². The topological polar surface area (TPSA) is 70.5 Å². The summed E-state index contributed by atoms with van der Waals surface area (Å²) in [5.41, 5.74) is -0.836. The molecule has 1 fully saturated rings. The molecule has 1 amide bonds. The van der Waals surface area contributed by atoms with E-state index < -0.39 is 11.4 Å². The summed E-state index contributed by atoms with van der Waals surface area (Å²) in [5, 5.41) is 12.0. The first-order chi connectivity index (χ1) is 9.99. The zero-order valence-electron chi connectivity index (χ0n) is 11.4. The molecule has 1 aliphatic rings. The lowest BCUT2D eigenvalue weighted by molar-refractivity contribution is -0.147. The molecule has 0 spiro atoms. The molecule has 0 radical (unpaired) electrons. The summed E-state index contributed by atoms with van der Waals surface area (Å²) in [6, 6.07) is 3.91. The molecule has 7 heteroatoms. The molecule has 1 saturated heterocycles. The van der Waals surface area contributed by atoms with Gasteiger partial charge in [0.25, 0.3) is 5.91 Å². The highest BCUT2D eigenvalue weighted by Gasteiger charge is 2.42. The minimum Gasteiger partial charge on any atom is -0.481 e. The molecule has 0 bridgehead atoms. The van der Waals surface area contributed by atoms with Crippen LogP contribution in [-0.2, 0) is 4.79 Å². The van der Waals surface area contributed by atoms with E-state index in [0.29, 0.717) is 17.8 Å². The normalized spacial score (nSPS) is 21.7. The largest absolute Gasteiger partial charge is 0.481 e. The highest BCUT2D eigenvalue weighted by Crippen LogP contribution is 2.33. The Labute approximate surface area is 129 Å². The number of aliphatic carboxylic acids is 1. The molecule has 1 aliphatic heterocycles. The molecule has 5 nitrogen and oxygen atoms in total. The molecular formula is C14H14N2O3S2. The van der Waals surface area contributed by atoms with Gasteiger partial charge >= 0.3 is 5.97 Å². The van der Waals surface area contributed by atoms with Gasteiger partial charge in [0.2, 0.25) is 0 Å². The van der Waals surface area contributed by atoms with Gasteiger partial charge in [0.05, 0.1) is 16.5 Å². The number of hydrogen-bond donors (Lipinski definition) is 1. The molecule has 1 N–H and O–H groups in total. The minimum atomic E-state index is -0.846. The Morgan fingerprint density at radius 2 is 2.29 bits per heavy atom. The molecule has 21 heavy (non-hydrogen) atoms. The molecule has 0 aliphatic carbocycles. The number of thiazole rings is 1. The fraction of sp³-hybridized carbons (Fsp3) is 0.357. The van der Waals surface area contributed by atoms with E-state index in [1.165, 1.54) is 11.3 Å². The predicted octanol–water partition coefficient (Wildman–Crippen LogP) is 2.81. The third kappa shape index (κ3) is 2.58. The van der Waals surface area contributed by atoms with Gasteiger partial charge in [-0.05, 0) is 24.8 Å². The molecule has 2 aromatic rings. The van der Waals surface area contributed by atoms with Gasteiger partial charge in [0.1, 0.15) is 9.88 Å². The molecule has 2 aromatic heterocycles. The van der Waals surface area contributed by atoms with Crippen molar-refractivity contribution in [2.24, 2.45) is 5.41 Å². The zero-order valence-corrected chi connectivity index (χ0v) is 13.0. The third-order valence-corrected chi connectivity index (χ3v) is 5.75. The lowest BCUT2D eigenvalue weighted by atomic mass is 9.90. The van der Waals surface area contributed by atoms with Crippen molar-refractivity contribution in [3.63, 3.8) is 0 Å². The summed E-state index contributed by atoms with van der Waals surface area (Å²) in [6.45, 7) is 2.42. The van der Waals surface area contributed by atoms with Crippen LogP contribution in [0.3, 0.4) is 0 Å². The van der Waals surface area contributed by atoms with E-state index in [9.17, 15) is 14.7 Å². The number of rotatable bonds is 3. The van der Waals surface area contributed by atoms with Crippen molar-refractivity contribution in [3.05, 3.63) is 28.6 Å². The van der Waals surface area contributed by atoms with Gasteiger partial charge in [0, 0.05) is 13.1 Å². The molecule has 1 atom stereocenters. The van der Waals surface area contributed by atoms with Gasteiger partial charge in [0.15, 0.2) is 0 Å². The van der Waals surface area contributed by atoms with E-state index in [2.05, 4.69) is 4.98 Å². The number of carbonyl (C=O) groups is 2. The Morgan fingerprint density at radius 1 is 1.48 bits per heavy atom. The molecule has 3 heterocycles. The maximum absolute atomic E-state index is 12.4. The van der Waals surface area contributed by atoms with E-state index >= 15 is 0 Å². The van der Waals surface area contributed by atoms with Gasteiger partial charge in [-0.3, -0.25) is 9.59 Å². The van der Waals surface area contributed by atoms with Crippen LogP contribution in [0.15, 0.2) is 23.7 Å². The smallest absolute Gasteiger partial charge is 0.311 e. The Balaban J connectivity index is 1.76. The van der Waals surface area contributed by atoms with Crippen molar-refractivity contribution in [1.29, 1.82) is 0 Å². The van der Waals surface area contributed by atoms with Crippen LogP contribution in [0.1, 0.15) is 23.0 Å². The van der Waals surface area contributed by atoms with E-state index in [1.54, 1.807) is 29.4 Å². The Morgan fingerprint density at radius 3 is 2.90 bits per heavy atom. The number of likely N-dealkylation sites (tertiary alicyclic amines) is 1. The van der Waals surface area contributed by atoms with Crippen molar-refractivity contribution in [3.8, 4) is 9.88 Å². The number of nitrogens with zero attached hydrogens (tertiary/aromatic N) is 2. The SMILES string of the molecule is C[C@@]1(C(=O)O)CCN(C(=O)c2cnc(-c3cccs3)s2)C1. The summed E-state index contributed by atoms with van der Waals surface area (Å²) < 4.78 is 0. The van der Waals surface area contributed by atoms with Gasteiger partial charge in [-0.2, -0.15) is 0 Å². The minimum absolute atomic E-state index is 0.125. The van der Waals surface area contributed by atoms with Crippen LogP contribution in [0.5, 0.6) is 0 Å². The van der Waals surface area contributed by atoms with Crippen LogP contribution in [0, 0.1) is 5.41 Å². The van der Waals surface area contributed by atoms with Crippen LogP contribution in [0.4, 0.5) is 0 Å². The third-order valence-electron chi connectivity index (χ3n) is 3.73. The molecule has 110 valence electrons. The van der Waals surface area contributed by atoms with E-state index in [-0.39, 0.29) is 12.5 Å². The number of carboxylic acid groups (broad SMARTS) is 1. The van der Waals surface area contributed by atoms with E-state index in [4.69, 9.17) is 0 Å². The fourth-order valence-corrected chi connectivity index (χ4v) is 4.04. The summed E-state index contributed by atoms with van der Waals surface area (Å²) in [7, 11) is 0. The van der Waals surface area contributed by atoms with Crippen molar-refractivity contribution in [1.82, 2.24) is 9.88 Å². The molecule has 0 unspecified atom stereocenters. The number of carbonyl (C=O) groups excluding carboxylic acids is 1. The van der Waals surface area contributed by atoms with Gasteiger partial charge < -0.3 is 10.0 Å². The van der Waals surface area contributed by atoms with E-state index in [1.807, 2.05) is 17.5 Å². The standard InChI is InChI=1S/C14H14N2O3S2/c1-14(13(18)19)4-5-16(8-14)12(17)10-7-15-11(21-10)9-3-2-6-20-9/h2-3,6-7H,4-5,8H2,1H3,(H,18,19)/t14-/m1/s1. The zero-order chi connectivity index (χ0) is 15.0. The van der Waals surface area contributed by atoms with Crippen LogP contribution in [-0.4, -0.2) is 40.0 Å². The number of amides is 1. The summed E-state index contributed by atoms with van der Waals surface area (Å²) in [4.78, 5) is 31.2. The first-order valence-electron chi connectivity index (χ1n) is 6.52. The lowest BCUT2D eigenvalue weighted by Gasteiger charge is -2.19. The lowest BCUT2D eigenvalue weighted by Crippen LogP contribution is -2.34. The first kappa shape index (κ1) is 14.2. The van der Waals surface area contributed by atoms with Gasteiger partial charge in [-0.15, -0.1) is 22.7 Å². The maximum atomic E-state index is 12.4. The number of aromatic nitrogens is 1. The quantitative estimate of drug-likeness (QED) is 0.943. The number of hydrogen-bond acceptors (Lipinski definition) is 5. The number of carboxylic acids is 1. The second-order valence-corrected chi connectivity index (χ2v) is 7.33.